The van der Waals surface area contributed by atoms with Crippen molar-refractivity contribution in [2.75, 3.05) is 0 Å². The summed E-state index contributed by atoms with van der Waals surface area (Å²) in [7, 11) is 0. The van der Waals surface area contributed by atoms with E-state index in [-0.39, 0.29) is 0 Å². The van der Waals surface area contributed by atoms with E-state index in [0.717, 1.165) is 29.7 Å². The van der Waals surface area contributed by atoms with Crippen molar-refractivity contribution < 1.29 is 0 Å². The van der Waals surface area contributed by atoms with Crippen molar-refractivity contribution in [1.29, 1.82) is 0 Å². The van der Waals surface area contributed by atoms with E-state index in [1.807, 2.05) is 0 Å². The summed E-state index contributed by atoms with van der Waals surface area (Å²) in [6, 6.07) is 15.2. The lowest BCUT2D eigenvalue weighted by Crippen LogP contribution is -1.96. The highest BCUT2D eigenvalue weighted by Gasteiger charge is 2.17. The normalized spacial score (nSPS) is 14.2. The predicted molar refractivity (Wildman–Crippen MR) is 99.4 cm³/mol. The number of fused-ring (bicyclic) bond motifs is 9. The minimum atomic E-state index is 1.03. The molecule has 6 rings (SSSR count). The Bertz CT molecular complexity index is 1300. The van der Waals surface area contributed by atoms with Crippen molar-refractivity contribution in [3.05, 3.63) is 66.1 Å². The van der Waals surface area contributed by atoms with Crippen LogP contribution >= 0.6 is 0 Å². The van der Waals surface area contributed by atoms with Crippen LogP contribution in [0.3, 0.4) is 0 Å². The topological polar surface area (TPSA) is 33.1 Å². The third-order valence-corrected chi connectivity index (χ3v) is 5.22. The van der Waals surface area contributed by atoms with Gasteiger partial charge in [-0.25, -0.2) is 4.98 Å². The number of nitrogens with zero attached hydrogens (tertiary/aromatic N) is 2. The molecule has 2 aromatic carbocycles. The van der Waals surface area contributed by atoms with Crippen LogP contribution in [0.15, 0.2) is 54.7 Å². The molecule has 1 aliphatic carbocycles. The fourth-order valence-electron chi connectivity index (χ4n) is 4.07. The SMILES string of the molecule is C1=Cc2nc3c4[nH]c5c6ccccc6ccc5c4ccn3c2CC1. The highest BCUT2D eigenvalue weighted by atomic mass is 15.0. The largest absolute Gasteiger partial charge is 0.351 e. The lowest BCUT2D eigenvalue weighted by molar-refractivity contribution is 0.909. The van der Waals surface area contributed by atoms with Gasteiger partial charge in [0.25, 0.3) is 0 Å². The summed E-state index contributed by atoms with van der Waals surface area (Å²) in [6.45, 7) is 0. The Labute approximate surface area is 138 Å². The average molecular weight is 309 g/mol. The number of nitrogens with one attached hydrogen (secondary N) is 1. The summed E-state index contributed by atoms with van der Waals surface area (Å²) in [6.07, 6.45) is 8.68. The quantitative estimate of drug-likeness (QED) is 0.425. The van der Waals surface area contributed by atoms with E-state index in [1.165, 1.54) is 32.8 Å². The van der Waals surface area contributed by atoms with E-state index in [2.05, 4.69) is 70.2 Å². The zero-order valence-electron chi connectivity index (χ0n) is 13.1. The highest BCUT2D eigenvalue weighted by Crippen LogP contribution is 2.34. The van der Waals surface area contributed by atoms with Crippen LogP contribution in [0, 0.1) is 0 Å². The van der Waals surface area contributed by atoms with E-state index >= 15 is 0 Å². The zero-order valence-corrected chi connectivity index (χ0v) is 13.1. The standard InChI is InChI=1S/C21H15N3/c1-2-6-14-13(5-1)9-10-15-16-11-12-24-18-8-4-3-7-17(18)22-21(24)20(16)23-19(14)15/h1-3,5-7,9-12,23H,4,8H2. The molecule has 0 saturated heterocycles. The summed E-state index contributed by atoms with van der Waals surface area (Å²) < 4.78 is 2.25. The Balaban J connectivity index is 1.83. The van der Waals surface area contributed by atoms with Gasteiger partial charge in [0.05, 0.1) is 22.4 Å². The lowest BCUT2D eigenvalue weighted by Gasteiger charge is -2.04. The number of hydrogen-bond acceptors (Lipinski definition) is 1. The molecule has 3 heterocycles. The van der Waals surface area contributed by atoms with Gasteiger partial charge in [-0.2, -0.15) is 0 Å². The van der Waals surface area contributed by atoms with Gasteiger partial charge in [-0.1, -0.05) is 42.5 Å². The van der Waals surface area contributed by atoms with Crippen LogP contribution in [0.25, 0.3) is 44.3 Å². The van der Waals surface area contributed by atoms with Crippen LogP contribution in [0.5, 0.6) is 0 Å². The maximum Gasteiger partial charge on any atom is 0.162 e. The Morgan fingerprint density at radius 1 is 0.917 bits per heavy atom. The third kappa shape index (κ3) is 1.44. The monoisotopic (exact) mass is 309 g/mol. The first-order valence-electron chi connectivity index (χ1n) is 8.40. The van der Waals surface area contributed by atoms with Crippen LogP contribution in [0.1, 0.15) is 17.8 Å². The molecular weight excluding hydrogens is 294 g/mol. The maximum absolute atomic E-state index is 4.90. The first-order valence-corrected chi connectivity index (χ1v) is 8.40. The first-order chi connectivity index (χ1) is 11.9. The number of pyridine rings is 1. The predicted octanol–water partition coefficient (Wildman–Crippen LogP) is 5.08. The molecule has 0 bridgehead atoms. The van der Waals surface area contributed by atoms with Crippen LogP contribution in [-0.2, 0) is 6.42 Å². The second kappa shape index (κ2) is 4.26. The Kier molecular flexibility index (Phi) is 2.20. The molecule has 0 atom stereocenters. The van der Waals surface area contributed by atoms with Crippen LogP contribution in [0.4, 0.5) is 0 Å². The number of aryl methyl sites for hydroxylation is 1. The van der Waals surface area contributed by atoms with Gasteiger partial charge in [0.2, 0.25) is 0 Å². The average Bonchev–Trinajstić information content (AvgIpc) is 3.20. The van der Waals surface area contributed by atoms with Crippen molar-refractivity contribution in [2.24, 2.45) is 0 Å². The highest BCUT2D eigenvalue weighted by molar-refractivity contribution is 6.19. The van der Waals surface area contributed by atoms with E-state index < -0.39 is 0 Å². The molecule has 0 saturated carbocycles. The van der Waals surface area contributed by atoms with Crippen molar-refractivity contribution in [3.8, 4) is 0 Å². The summed E-state index contributed by atoms with van der Waals surface area (Å²) in [4.78, 5) is 8.57. The molecular formula is C21H15N3. The number of hydrogen-bond donors (Lipinski definition) is 1. The number of rotatable bonds is 0. The summed E-state index contributed by atoms with van der Waals surface area (Å²) in [5.74, 6) is 0. The van der Waals surface area contributed by atoms with Gasteiger partial charge in [-0.15, -0.1) is 0 Å². The molecule has 1 N–H and O–H groups in total. The maximum atomic E-state index is 4.90. The van der Waals surface area contributed by atoms with Gasteiger partial charge < -0.3 is 9.38 Å². The van der Waals surface area contributed by atoms with E-state index in [4.69, 9.17) is 4.98 Å². The fraction of sp³-hybridized carbons (Fsp3) is 0.0952. The number of allylic oxidation sites excluding steroid dienone is 1. The number of imidazole rings is 1. The van der Waals surface area contributed by atoms with Gasteiger partial charge >= 0.3 is 0 Å². The Morgan fingerprint density at radius 3 is 2.83 bits per heavy atom. The molecule has 0 spiro atoms. The number of aromatic amines is 1. The molecule has 5 aromatic rings. The molecule has 1 aliphatic rings. The summed E-state index contributed by atoms with van der Waals surface area (Å²) >= 11 is 0. The number of H-pyrrole nitrogens is 1. The molecule has 0 radical (unpaired) electrons. The summed E-state index contributed by atoms with van der Waals surface area (Å²) in [5, 5.41) is 5.04. The van der Waals surface area contributed by atoms with Gasteiger partial charge in [0.1, 0.15) is 0 Å². The van der Waals surface area contributed by atoms with E-state index in [9.17, 15) is 0 Å². The molecule has 0 unspecified atom stereocenters. The van der Waals surface area contributed by atoms with Crippen LogP contribution in [0.2, 0.25) is 0 Å². The van der Waals surface area contributed by atoms with E-state index in [0.29, 0.717) is 0 Å². The molecule has 0 amide bonds. The molecule has 24 heavy (non-hydrogen) atoms. The van der Waals surface area contributed by atoms with Gasteiger partial charge in [-0.05, 0) is 30.4 Å². The minimum Gasteiger partial charge on any atom is -0.351 e. The van der Waals surface area contributed by atoms with Gasteiger partial charge in [0.15, 0.2) is 5.65 Å². The number of aromatic nitrogens is 3. The molecule has 3 aromatic heterocycles. The molecule has 0 aliphatic heterocycles. The van der Waals surface area contributed by atoms with Crippen molar-refractivity contribution >= 4 is 44.3 Å². The zero-order chi connectivity index (χ0) is 15.7. The molecule has 3 nitrogen and oxygen atoms in total. The van der Waals surface area contributed by atoms with Gasteiger partial charge in [-0.3, -0.25) is 0 Å². The molecule has 0 fully saturated rings. The molecule has 3 heteroatoms. The number of benzene rings is 2. The molecule has 114 valence electrons. The third-order valence-electron chi connectivity index (χ3n) is 5.22. The Hall–Kier alpha value is -3.07. The minimum absolute atomic E-state index is 1.03. The lowest BCUT2D eigenvalue weighted by atomic mass is 10.1. The van der Waals surface area contributed by atoms with Crippen molar-refractivity contribution in [1.82, 2.24) is 14.4 Å². The Morgan fingerprint density at radius 2 is 1.83 bits per heavy atom. The second-order valence-corrected chi connectivity index (χ2v) is 6.52. The fourth-order valence-corrected chi connectivity index (χ4v) is 4.07. The van der Waals surface area contributed by atoms with E-state index in [1.54, 1.807) is 0 Å². The van der Waals surface area contributed by atoms with Crippen LogP contribution < -0.4 is 0 Å². The van der Waals surface area contributed by atoms with Crippen molar-refractivity contribution in [3.63, 3.8) is 0 Å². The van der Waals surface area contributed by atoms with Crippen molar-refractivity contribution in [2.45, 2.75) is 12.8 Å². The summed E-state index contributed by atoms with van der Waals surface area (Å²) in [5.41, 5.74) is 5.79. The van der Waals surface area contributed by atoms with Crippen LogP contribution in [-0.4, -0.2) is 14.4 Å². The smallest absolute Gasteiger partial charge is 0.162 e. The second-order valence-electron chi connectivity index (χ2n) is 6.52. The van der Waals surface area contributed by atoms with Gasteiger partial charge in [0, 0.05) is 22.4 Å². The first kappa shape index (κ1) is 12.4.